The second kappa shape index (κ2) is 7.14. The minimum Gasteiger partial charge on any atom is -0.383 e. The highest BCUT2D eigenvalue weighted by Gasteiger charge is 2.06. The van der Waals surface area contributed by atoms with E-state index in [4.69, 9.17) is 10.5 Å². The monoisotopic (exact) mass is 224 g/mol. The van der Waals surface area contributed by atoms with Gasteiger partial charge in [0.2, 0.25) is 0 Å². The number of hydrogen-bond donors (Lipinski definition) is 2. The summed E-state index contributed by atoms with van der Waals surface area (Å²) in [5, 5.41) is 3.23. The van der Waals surface area contributed by atoms with Gasteiger partial charge in [-0.15, -0.1) is 0 Å². The fraction of sp³-hybridized carbons (Fsp3) is 0.636. The zero-order valence-electron chi connectivity index (χ0n) is 9.94. The molecule has 5 nitrogen and oxygen atoms in total. The summed E-state index contributed by atoms with van der Waals surface area (Å²) in [4.78, 5) is 8.35. The van der Waals surface area contributed by atoms with Crippen molar-refractivity contribution in [1.29, 1.82) is 0 Å². The molecule has 0 saturated heterocycles. The van der Waals surface area contributed by atoms with Crippen LogP contribution >= 0.6 is 0 Å². The molecule has 0 radical (unpaired) electrons. The van der Waals surface area contributed by atoms with E-state index in [9.17, 15) is 0 Å². The molecule has 0 aromatic carbocycles. The number of nitrogens with one attached hydrogen (secondary N) is 1. The predicted molar refractivity (Wildman–Crippen MR) is 64.4 cm³/mol. The van der Waals surface area contributed by atoms with Crippen LogP contribution in [0.5, 0.6) is 0 Å². The molecule has 0 saturated carbocycles. The van der Waals surface area contributed by atoms with E-state index in [2.05, 4.69) is 22.2 Å². The molecule has 16 heavy (non-hydrogen) atoms. The van der Waals surface area contributed by atoms with Crippen LogP contribution in [0.25, 0.3) is 0 Å². The Morgan fingerprint density at radius 3 is 2.94 bits per heavy atom. The molecule has 1 heterocycles. The lowest BCUT2D eigenvalue weighted by atomic mass is 10.2. The number of rotatable bonds is 7. The average Bonchev–Trinajstić information content (AvgIpc) is 2.29. The van der Waals surface area contributed by atoms with E-state index in [-0.39, 0.29) is 6.04 Å². The Labute approximate surface area is 96.4 Å². The number of anilines is 1. The number of nitrogens with zero attached hydrogens (tertiary/aromatic N) is 2. The Morgan fingerprint density at radius 2 is 2.31 bits per heavy atom. The third-order valence-corrected chi connectivity index (χ3v) is 2.23. The van der Waals surface area contributed by atoms with Crippen LogP contribution in [0, 0.1) is 0 Å². The van der Waals surface area contributed by atoms with Crippen LogP contribution in [0.2, 0.25) is 0 Å². The van der Waals surface area contributed by atoms with Gasteiger partial charge in [0.05, 0.1) is 12.6 Å². The maximum atomic E-state index is 5.62. The van der Waals surface area contributed by atoms with Gasteiger partial charge in [-0.05, 0) is 6.42 Å². The minimum absolute atomic E-state index is 0.0920. The van der Waals surface area contributed by atoms with Crippen LogP contribution in [0.15, 0.2) is 12.4 Å². The van der Waals surface area contributed by atoms with Crippen molar-refractivity contribution in [3.63, 3.8) is 0 Å². The van der Waals surface area contributed by atoms with Gasteiger partial charge in [0.25, 0.3) is 0 Å². The van der Waals surface area contributed by atoms with Gasteiger partial charge in [-0.2, -0.15) is 0 Å². The van der Waals surface area contributed by atoms with E-state index in [1.54, 1.807) is 13.4 Å². The molecule has 0 bridgehead atoms. The van der Waals surface area contributed by atoms with Crippen molar-refractivity contribution in [2.45, 2.75) is 25.8 Å². The maximum absolute atomic E-state index is 5.62. The second-order valence-electron chi connectivity index (χ2n) is 3.68. The maximum Gasteiger partial charge on any atom is 0.129 e. The van der Waals surface area contributed by atoms with Crippen molar-refractivity contribution >= 4 is 5.82 Å². The molecule has 5 heteroatoms. The Kier molecular flexibility index (Phi) is 5.74. The third kappa shape index (κ3) is 4.12. The first-order valence-electron chi connectivity index (χ1n) is 5.56. The van der Waals surface area contributed by atoms with E-state index < -0.39 is 0 Å². The first-order chi connectivity index (χ1) is 7.80. The summed E-state index contributed by atoms with van der Waals surface area (Å²) in [5.41, 5.74) is 6.67. The highest BCUT2D eigenvalue weighted by molar-refractivity contribution is 5.36. The van der Waals surface area contributed by atoms with Crippen LogP contribution in [0.4, 0.5) is 5.82 Å². The lowest BCUT2D eigenvalue weighted by Crippen LogP contribution is -2.33. The summed E-state index contributed by atoms with van der Waals surface area (Å²) < 4.78 is 5.06. The highest BCUT2D eigenvalue weighted by Crippen LogP contribution is 2.07. The summed E-state index contributed by atoms with van der Waals surface area (Å²) >= 11 is 0. The van der Waals surface area contributed by atoms with Gasteiger partial charge < -0.3 is 15.8 Å². The van der Waals surface area contributed by atoms with Crippen molar-refractivity contribution in [3.8, 4) is 0 Å². The summed E-state index contributed by atoms with van der Waals surface area (Å²) in [6.45, 7) is 3.22. The quantitative estimate of drug-likeness (QED) is 0.717. The zero-order valence-corrected chi connectivity index (χ0v) is 9.94. The summed E-state index contributed by atoms with van der Waals surface area (Å²) in [6, 6.07) is 2.05. The van der Waals surface area contributed by atoms with Crippen molar-refractivity contribution in [2.24, 2.45) is 5.73 Å². The summed E-state index contributed by atoms with van der Waals surface area (Å²) in [5.74, 6) is 0.811. The molecule has 0 aliphatic rings. The van der Waals surface area contributed by atoms with Gasteiger partial charge in [-0.1, -0.05) is 13.3 Å². The van der Waals surface area contributed by atoms with Crippen molar-refractivity contribution in [2.75, 3.05) is 25.6 Å². The molecule has 0 amide bonds. The fourth-order valence-corrected chi connectivity index (χ4v) is 1.45. The van der Waals surface area contributed by atoms with E-state index in [1.807, 2.05) is 6.07 Å². The van der Waals surface area contributed by atoms with Gasteiger partial charge >= 0.3 is 0 Å². The molecule has 1 unspecified atom stereocenters. The topological polar surface area (TPSA) is 73.1 Å². The Bertz CT molecular complexity index is 306. The van der Waals surface area contributed by atoms with Crippen LogP contribution in [0.1, 0.15) is 19.0 Å². The molecule has 0 aliphatic carbocycles. The summed E-state index contributed by atoms with van der Waals surface area (Å²) in [7, 11) is 1.66. The van der Waals surface area contributed by atoms with Gasteiger partial charge in [-0.25, -0.2) is 9.97 Å². The lowest BCUT2D eigenvalue weighted by molar-refractivity contribution is 0.187. The van der Waals surface area contributed by atoms with Crippen LogP contribution in [-0.4, -0.2) is 36.3 Å². The molecular formula is C11H20N4O. The third-order valence-electron chi connectivity index (χ3n) is 2.23. The van der Waals surface area contributed by atoms with Crippen LogP contribution in [0.3, 0.4) is 0 Å². The molecule has 1 aromatic heterocycles. The molecule has 0 fully saturated rings. The Balaban J connectivity index is 2.60. The highest BCUT2D eigenvalue weighted by atomic mass is 16.5. The molecule has 1 aromatic rings. The van der Waals surface area contributed by atoms with Gasteiger partial charge in [0.15, 0.2) is 0 Å². The van der Waals surface area contributed by atoms with Gasteiger partial charge in [-0.3, -0.25) is 0 Å². The molecule has 0 aliphatic heterocycles. The van der Waals surface area contributed by atoms with Crippen molar-refractivity contribution < 1.29 is 4.74 Å². The first-order valence-corrected chi connectivity index (χ1v) is 5.56. The number of aryl methyl sites for hydroxylation is 1. The molecule has 3 N–H and O–H groups in total. The number of hydrogen-bond acceptors (Lipinski definition) is 5. The smallest absolute Gasteiger partial charge is 0.129 e. The molecular weight excluding hydrogens is 204 g/mol. The molecule has 0 spiro atoms. The second-order valence-corrected chi connectivity index (χ2v) is 3.68. The first kappa shape index (κ1) is 12.9. The normalized spacial score (nSPS) is 12.4. The Hall–Kier alpha value is -1.20. The number of aromatic nitrogens is 2. The Morgan fingerprint density at radius 1 is 1.50 bits per heavy atom. The van der Waals surface area contributed by atoms with E-state index in [1.165, 1.54) is 0 Å². The van der Waals surface area contributed by atoms with Gasteiger partial charge in [0.1, 0.15) is 12.1 Å². The molecule has 1 rings (SSSR count). The lowest BCUT2D eigenvalue weighted by Gasteiger charge is -2.16. The SMILES string of the molecule is CCCc1cc(NC(CN)COC)ncn1. The summed E-state index contributed by atoms with van der Waals surface area (Å²) in [6.07, 6.45) is 3.62. The molecule has 90 valence electrons. The van der Waals surface area contributed by atoms with E-state index >= 15 is 0 Å². The minimum atomic E-state index is 0.0920. The number of methoxy groups -OCH3 is 1. The standard InChI is InChI=1S/C11H20N4O/c1-3-4-9-5-11(14-8-13-9)15-10(6-12)7-16-2/h5,8,10H,3-4,6-7,12H2,1-2H3,(H,13,14,15). The van der Waals surface area contributed by atoms with Crippen molar-refractivity contribution in [1.82, 2.24) is 9.97 Å². The average molecular weight is 224 g/mol. The number of ether oxygens (including phenoxy) is 1. The van der Waals surface area contributed by atoms with Crippen molar-refractivity contribution in [3.05, 3.63) is 18.1 Å². The zero-order chi connectivity index (χ0) is 11.8. The van der Waals surface area contributed by atoms with Gasteiger partial charge in [0, 0.05) is 25.4 Å². The van der Waals surface area contributed by atoms with Crippen LogP contribution in [-0.2, 0) is 11.2 Å². The predicted octanol–water partition coefficient (Wildman–Crippen LogP) is 0.815. The van der Waals surface area contributed by atoms with E-state index in [0.717, 1.165) is 24.4 Å². The number of nitrogens with two attached hydrogens (primary N) is 1. The largest absolute Gasteiger partial charge is 0.383 e. The fourth-order valence-electron chi connectivity index (χ4n) is 1.45. The van der Waals surface area contributed by atoms with Crippen LogP contribution < -0.4 is 11.1 Å². The molecule has 1 atom stereocenters. The van der Waals surface area contributed by atoms with E-state index in [0.29, 0.717) is 13.2 Å².